The molecular weight excluding hydrogens is 280 g/mol. The van der Waals surface area contributed by atoms with Crippen molar-refractivity contribution in [3.05, 3.63) is 29.7 Å². The number of Topliss-reactive ketones (excluding diaryl/α,β-unsaturated/α-hetero) is 1. The number of amides is 1. The molecule has 3 heterocycles. The van der Waals surface area contributed by atoms with Crippen molar-refractivity contribution in [3.8, 4) is 0 Å². The fraction of sp³-hybridized carbons (Fsp3) is 0.250. The summed E-state index contributed by atoms with van der Waals surface area (Å²) in [5, 5.41) is 3.57. The monoisotopic (exact) mass is 290 g/mol. The molecule has 0 bridgehead atoms. The summed E-state index contributed by atoms with van der Waals surface area (Å²) in [6, 6.07) is 5.08. The molecule has 8 heteroatoms. The maximum absolute atomic E-state index is 12.0. The Labute approximate surface area is 117 Å². The Morgan fingerprint density at radius 1 is 1.40 bits per heavy atom. The lowest BCUT2D eigenvalue weighted by Gasteiger charge is -2.19. The molecule has 2 N–H and O–H groups in total. The van der Waals surface area contributed by atoms with E-state index in [9.17, 15) is 14.4 Å². The van der Waals surface area contributed by atoms with Crippen LogP contribution < -0.4 is 5.73 Å². The second-order valence-corrected chi connectivity index (χ2v) is 5.43. The summed E-state index contributed by atoms with van der Waals surface area (Å²) >= 11 is 1.03. The van der Waals surface area contributed by atoms with Gasteiger partial charge in [-0.1, -0.05) is 17.8 Å². The van der Waals surface area contributed by atoms with E-state index in [1.54, 1.807) is 18.2 Å². The second-order valence-electron chi connectivity index (χ2n) is 4.36. The van der Waals surface area contributed by atoms with Gasteiger partial charge >= 0.3 is 0 Å². The van der Waals surface area contributed by atoms with Gasteiger partial charge in [0.2, 0.25) is 11.6 Å². The highest BCUT2D eigenvalue weighted by molar-refractivity contribution is 8.15. The van der Waals surface area contributed by atoms with Gasteiger partial charge in [-0.3, -0.25) is 14.4 Å². The number of carbonyl (C=O) groups excluding carboxylic acids is 3. The van der Waals surface area contributed by atoms with Crippen LogP contribution >= 0.6 is 11.8 Å². The quantitative estimate of drug-likeness (QED) is 0.788. The summed E-state index contributed by atoms with van der Waals surface area (Å²) in [6.45, 7) is 0. The van der Waals surface area contributed by atoms with Gasteiger partial charge in [0.05, 0.1) is 11.6 Å². The highest BCUT2D eigenvalue weighted by atomic mass is 32.2. The molecule has 1 aliphatic rings. The smallest absolute Gasteiger partial charge is 0.288 e. The van der Waals surface area contributed by atoms with Gasteiger partial charge in [-0.2, -0.15) is 0 Å². The van der Waals surface area contributed by atoms with E-state index in [-0.39, 0.29) is 5.82 Å². The fourth-order valence-corrected chi connectivity index (χ4v) is 3.01. The minimum Gasteiger partial charge on any atom is -0.363 e. The number of nitrogens with two attached hydrogens (primary N) is 1. The zero-order chi connectivity index (χ0) is 14.3. The molecule has 1 fully saturated rings. The Morgan fingerprint density at radius 3 is 2.95 bits per heavy atom. The summed E-state index contributed by atoms with van der Waals surface area (Å²) in [5.41, 5.74) is 6.14. The first-order chi connectivity index (χ1) is 9.58. The SMILES string of the molecule is NC(=O)c1nc2cccc(C3CCSC(=O)C3=O)n2n1. The molecule has 2 aromatic rings. The Balaban J connectivity index is 2.13. The number of hydrogen-bond donors (Lipinski definition) is 1. The molecule has 1 atom stereocenters. The number of aromatic nitrogens is 3. The van der Waals surface area contributed by atoms with Gasteiger partial charge in [-0.05, 0) is 18.6 Å². The Hall–Kier alpha value is -2.22. The van der Waals surface area contributed by atoms with Crippen molar-refractivity contribution in [1.29, 1.82) is 0 Å². The van der Waals surface area contributed by atoms with Crippen molar-refractivity contribution >= 4 is 34.2 Å². The van der Waals surface area contributed by atoms with Crippen LogP contribution in [0.15, 0.2) is 18.2 Å². The second kappa shape index (κ2) is 4.71. The number of hydrogen-bond acceptors (Lipinski definition) is 6. The number of nitrogens with zero attached hydrogens (tertiary/aromatic N) is 3. The van der Waals surface area contributed by atoms with Gasteiger partial charge in [0.25, 0.3) is 11.0 Å². The zero-order valence-electron chi connectivity index (χ0n) is 10.3. The summed E-state index contributed by atoms with van der Waals surface area (Å²) < 4.78 is 1.41. The van der Waals surface area contributed by atoms with Gasteiger partial charge in [-0.25, -0.2) is 9.50 Å². The van der Waals surface area contributed by atoms with E-state index in [2.05, 4.69) is 10.1 Å². The molecule has 7 nitrogen and oxygen atoms in total. The zero-order valence-corrected chi connectivity index (χ0v) is 11.1. The number of pyridine rings is 1. The Bertz CT molecular complexity index is 739. The molecule has 1 amide bonds. The van der Waals surface area contributed by atoms with Crippen molar-refractivity contribution in [2.75, 3.05) is 5.75 Å². The van der Waals surface area contributed by atoms with Gasteiger partial charge in [0, 0.05) is 5.75 Å². The molecule has 2 aromatic heterocycles. The number of ketones is 1. The number of fused-ring (bicyclic) bond motifs is 1. The van der Waals surface area contributed by atoms with Crippen molar-refractivity contribution in [2.45, 2.75) is 12.3 Å². The first-order valence-corrected chi connectivity index (χ1v) is 6.93. The number of primary amides is 1. The number of thioether (sulfide) groups is 1. The summed E-state index contributed by atoms with van der Waals surface area (Å²) in [4.78, 5) is 38.6. The average molecular weight is 290 g/mol. The van der Waals surface area contributed by atoms with Crippen LogP contribution in [-0.2, 0) is 9.59 Å². The molecule has 0 radical (unpaired) electrons. The lowest BCUT2D eigenvalue weighted by Crippen LogP contribution is -2.27. The highest BCUT2D eigenvalue weighted by Crippen LogP contribution is 2.29. The fourth-order valence-electron chi connectivity index (χ4n) is 2.19. The van der Waals surface area contributed by atoms with E-state index in [0.29, 0.717) is 23.5 Å². The van der Waals surface area contributed by atoms with Crippen molar-refractivity contribution in [2.24, 2.45) is 5.73 Å². The van der Waals surface area contributed by atoms with Crippen molar-refractivity contribution in [3.63, 3.8) is 0 Å². The third-order valence-electron chi connectivity index (χ3n) is 3.12. The highest BCUT2D eigenvalue weighted by Gasteiger charge is 2.33. The van der Waals surface area contributed by atoms with Crippen LogP contribution in [0.1, 0.15) is 28.7 Å². The molecular formula is C12H10N4O3S. The molecule has 0 aliphatic carbocycles. The van der Waals surface area contributed by atoms with Gasteiger partial charge < -0.3 is 5.73 Å². The van der Waals surface area contributed by atoms with E-state index in [0.717, 1.165) is 11.8 Å². The molecule has 1 aliphatic heterocycles. The van der Waals surface area contributed by atoms with Crippen molar-refractivity contribution < 1.29 is 14.4 Å². The van der Waals surface area contributed by atoms with Crippen LogP contribution in [-0.4, -0.2) is 37.2 Å². The first kappa shape index (κ1) is 12.8. The minimum atomic E-state index is -0.735. The van der Waals surface area contributed by atoms with E-state index in [4.69, 9.17) is 5.73 Å². The van der Waals surface area contributed by atoms with Gasteiger partial charge in [0.15, 0.2) is 5.65 Å². The lowest BCUT2D eigenvalue weighted by molar-refractivity contribution is -0.133. The largest absolute Gasteiger partial charge is 0.363 e. The van der Waals surface area contributed by atoms with E-state index >= 15 is 0 Å². The van der Waals surface area contributed by atoms with Gasteiger partial charge in [-0.15, -0.1) is 5.10 Å². The molecule has 0 spiro atoms. The third-order valence-corrected chi connectivity index (χ3v) is 4.03. The molecule has 20 heavy (non-hydrogen) atoms. The molecule has 1 saturated heterocycles. The molecule has 0 aromatic carbocycles. The first-order valence-electron chi connectivity index (χ1n) is 5.94. The van der Waals surface area contributed by atoms with E-state index in [1.165, 1.54) is 4.52 Å². The third kappa shape index (κ3) is 1.97. The van der Waals surface area contributed by atoms with Crippen molar-refractivity contribution in [1.82, 2.24) is 14.6 Å². The van der Waals surface area contributed by atoms with E-state index < -0.39 is 22.7 Å². The van der Waals surface area contributed by atoms with Crippen LogP contribution in [0.2, 0.25) is 0 Å². The van der Waals surface area contributed by atoms with Crippen LogP contribution in [0.3, 0.4) is 0 Å². The Morgan fingerprint density at radius 2 is 2.20 bits per heavy atom. The van der Waals surface area contributed by atoms with Crippen LogP contribution in [0.4, 0.5) is 0 Å². The summed E-state index contributed by atoms with van der Waals surface area (Å²) in [7, 11) is 0. The predicted octanol–water partition coefficient (Wildman–Crippen LogP) is 0.144. The average Bonchev–Trinajstić information content (AvgIpc) is 2.86. The minimum absolute atomic E-state index is 0.110. The Kier molecular flexibility index (Phi) is 3.01. The number of rotatable bonds is 2. The number of carbonyl (C=O) groups is 3. The van der Waals surface area contributed by atoms with Crippen LogP contribution in [0.25, 0.3) is 5.65 Å². The maximum atomic E-state index is 12.0. The maximum Gasteiger partial charge on any atom is 0.288 e. The molecule has 1 unspecified atom stereocenters. The normalized spacial score (nSPS) is 19.5. The van der Waals surface area contributed by atoms with Crippen LogP contribution in [0, 0.1) is 0 Å². The summed E-state index contributed by atoms with van der Waals surface area (Å²) in [6.07, 6.45) is 0.556. The standard InChI is InChI=1S/C12H10N4O3S/c13-10(18)11-14-8-3-1-2-7(16(8)15-11)6-4-5-20-12(19)9(6)17/h1-3,6H,4-5H2,(H2,13,18). The lowest BCUT2D eigenvalue weighted by atomic mass is 9.96. The van der Waals surface area contributed by atoms with E-state index in [1.807, 2.05) is 0 Å². The van der Waals surface area contributed by atoms with Gasteiger partial charge in [0.1, 0.15) is 0 Å². The molecule has 0 saturated carbocycles. The summed E-state index contributed by atoms with van der Waals surface area (Å²) in [5.74, 6) is -1.24. The molecule has 102 valence electrons. The topological polar surface area (TPSA) is 107 Å². The molecule has 3 rings (SSSR count). The predicted molar refractivity (Wildman–Crippen MR) is 71.3 cm³/mol. The van der Waals surface area contributed by atoms with Crippen LogP contribution in [0.5, 0.6) is 0 Å².